The molecule has 3 rings (SSSR count). The normalized spacial score (nSPS) is 11.3. The van der Waals surface area contributed by atoms with Gasteiger partial charge in [0, 0.05) is 23.3 Å². The van der Waals surface area contributed by atoms with Crippen LogP contribution >= 0.6 is 11.3 Å². The van der Waals surface area contributed by atoms with Crippen molar-refractivity contribution in [3.05, 3.63) is 59.7 Å². The van der Waals surface area contributed by atoms with Crippen molar-refractivity contribution >= 4 is 28.2 Å². The first kappa shape index (κ1) is 16.9. The number of urea groups is 1. The summed E-state index contributed by atoms with van der Waals surface area (Å²) in [5, 5.41) is 1.85. The van der Waals surface area contributed by atoms with Crippen LogP contribution < -0.4 is 10.6 Å². The lowest BCUT2D eigenvalue weighted by atomic mass is 10.2. The largest absolute Gasteiger partial charge is 0.416 e. The van der Waals surface area contributed by atoms with Gasteiger partial charge >= 0.3 is 12.2 Å². The van der Waals surface area contributed by atoms with Gasteiger partial charge in [-0.15, -0.1) is 11.3 Å². The molecule has 0 fully saturated rings. The molecule has 0 unspecified atom stereocenters. The molecule has 0 atom stereocenters. The van der Waals surface area contributed by atoms with E-state index < -0.39 is 17.8 Å². The number of alkyl halides is 3. The van der Waals surface area contributed by atoms with Crippen molar-refractivity contribution in [1.82, 2.24) is 9.97 Å². The fourth-order valence-corrected chi connectivity index (χ4v) is 3.02. The number of thiazole rings is 1. The summed E-state index contributed by atoms with van der Waals surface area (Å²) < 4.78 is 38.7. The molecule has 2 N–H and O–H groups in total. The van der Waals surface area contributed by atoms with E-state index in [-0.39, 0.29) is 10.8 Å². The Hall–Kier alpha value is -2.94. The molecule has 2 heterocycles. The number of carbonyl (C=O) groups excluding carboxylic acids is 1. The zero-order valence-corrected chi connectivity index (χ0v) is 13.4. The smallest absolute Gasteiger partial charge is 0.351 e. The Morgan fingerprint density at radius 2 is 2.00 bits per heavy atom. The standard InChI is InChI=1S/C16H11F3N4OS/c17-16(18,19)11-4-1-5-12(7-11)23(14(20)24)15-22-13(9-25-15)10-3-2-6-21-8-10/h1-9H,(H2,20,24). The molecule has 0 aliphatic carbocycles. The molecule has 0 aliphatic rings. The van der Waals surface area contributed by atoms with Crippen LogP contribution in [0.25, 0.3) is 11.3 Å². The third-order valence-corrected chi connectivity index (χ3v) is 4.12. The fourth-order valence-electron chi connectivity index (χ4n) is 2.17. The van der Waals surface area contributed by atoms with Gasteiger partial charge in [0.25, 0.3) is 0 Å². The lowest BCUT2D eigenvalue weighted by Gasteiger charge is -2.18. The quantitative estimate of drug-likeness (QED) is 0.747. The number of nitrogens with zero attached hydrogens (tertiary/aromatic N) is 3. The van der Waals surface area contributed by atoms with Gasteiger partial charge in [0.2, 0.25) is 0 Å². The molecule has 128 valence electrons. The van der Waals surface area contributed by atoms with E-state index in [0.717, 1.165) is 33.9 Å². The summed E-state index contributed by atoms with van der Waals surface area (Å²) in [5.41, 5.74) is 5.76. The Morgan fingerprint density at radius 3 is 2.64 bits per heavy atom. The number of benzene rings is 1. The fraction of sp³-hybridized carbons (Fsp3) is 0.0625. The molecule has 2 aromatic heterocycles. The van der Waals surface area contributed by atoms with Gasteiger partial charge in [-0.2, -0.15) is 13.2 Å². The van der Waals surface area contributed by atoms with E-state index in [1.165, 1.54) is 12.1 Å². The second kappa shape index (κ2) is 6.52. The van der Waals surface area contributed by atoms with E-state index in [1.54, 1.807) is 29.9 Å². The van der Waals surface area contributed by atoms with E-state index in [4.69, 9.17) is 5.73 Å². The van der Waals surface area contributed by atoms with Crippen LogP contribution in [0.15, 0.2) is 54.2 Å². The Morgan fingerprint density at radius 1 is 1.20 bits per heavy atom. The van der Waals surface area contributed by atoms with Crippen molar-refractivity contribution < 1.29 is 18.0 Å². The van der Waals surface area contributed by atoms with Crippen molar-refractivity contribution in [2.45, 2.75) is 6.18 Å². The number of pyridine rings is 1. The number of anilines is 2. The number of primary amides is 1. The monoisotopic (exact) mass is 364 g/mol. The molecule has 1 aromatic carbocycles. The minimum Gasteiger partial charge on any atom is -0.351 e. The molecule has 2 amide bonds. The molecule has 25 heavy (non-hydrogen) atoms. The van der Waals surface area contributed by atoms with E-state index in [9.17, 15) is 18.0 Å². The predicted molar refractivity (Wildman–Crippen MR) is 88.5 cm³/mol. The number of rotatable bonds is 3. The van der Waals surface area contributed by atoms with Crippen LogP contribution in [0.5, 0.6) is 0 Å². The summed E-state index contributed by atoms with van der Waals surface area (Å²) in [6.07, 6.45) is -1.32. The Kier molecular flexibility index (Phi) is 4.41. The van der Waals surface area contributed by atoms with Gasteiger partial charge in [-0.3, -0.25) is 4.98 Å². The third kappa shape index (κ3) is 3.61. The lowest BCUT2D eigenvalue weighted by Crippen LogP contribution is -2.31. The molecular formula is C16H11F3N4OS. The van der Waals surface area contributed by atoms with E-state index in [1.807, 2.05) is 0 Å². The Bertz CT molecular complexity index is 896. The molecule has 0 spiro atoms. The lowest BCUT2D eigenvalue weighted by molar-refractivity contribution is -0.137. The van der Waals surface area contributed by atoms with Crippen LogP contribution in [0.3, 0.4) is 0 Å². The molecule has 9 heteroatoms. The number of amides is 2. The zero-order valence-electron chi connectivity index (χ0n) is 12.6. The van der Waals surface area contributed by atoms with Crippen LogP contribution in [-0.2, 0) is 6.18 Å². The second-order valence-corrected chi connectivity index (χ2v) is 5.82. The maximum atomic E-state index is 12.9. The average Bonchev–Trinajstić information content (AvgIpc) is 3.04. The maximum Gasteiger partial charge on any atom is 0.416 e. The first-order valence-electron chi connectivity index (χ1n) is 6.99. The highest BCUT2D eigenvalue weighted by molar-refractivity contribution is 7.14. The number of hydrogen-bond acceptors (Lipinski definition) is 4. The molecule has 0 saturated heterocycles. The molecule has 0 saturated carbocycles. The first-order chi connectivity index (χ1) is 11.9. The number of aromatic nitrogens is 2. The molecule has 0 bridgehead atoms. The van der Waals surface area contributed by atoms with Gasteiger partial charge in [0.1, 0.15) is 0 Å². The summed E-state index contributed by atoms with van der Waals surface area (Å²) in [6.45, 7) is 0. The average molecular weight is 364 g/mol. The summed E-state index contributed by atoms with van der Waals surface area (Å²) in [5.74, 6) is 0. The van der Waals surface area contributed by atoms with E-state index in [2.05, 4.69) is 9.97 Å². The number of carbonyl (C=O) groups is 1. The third-order valence-electron chi connectivity index (χ3n) is 3.29. The maximum absolute atomic E-state index is 12.9. The number of halogens is 3. The van der Waals surface area contributed by atoms with Crippen molar-refractivity contribution in [1.29, 1.82) is 0 Å². The molecule has 3 aromatic rings. The van der Waals surface area contributed by atoms with Crippen molar-refractivity contribution in [2.75, 3.05) is 4.90 Å². The van der Waals surface area contributed by atoms with Gasteiger partial charge in [-0.05, 0) is 30.3 Å². The van der Waals surface area contributed by atoms with Gasteiger partial charge in [-0.1, -0.05) is 6.07 Å². The summed E-state index contributed by atoms with van der Waals surface area (Å²) >= 11 is 1.09. The van der Waals surface area contributed by atoms with Gasteiger partial charge < -0.3 is 5.73 Å². The highest BCUT2D eigenvalue weighted by atomic mass is 32.1. The van der Waals surface area contributed by atoms with Gasteiger partial charge in [0.15, 0.2) is 5.13 Å². The van der Waals surface area contributed by atoms with E-state index in [0.29, 0.717) is 5.69 Å². The Labute approximate surface area is 144 Å². The van der Waals surface area contributed by atoms with Crippen LogP contribution in [0.4, 0.5) is 28.8 Å². The van der Waals surface area contributed by atoms with Crippen LogP contribution in [0.2, 0.25) is 0 Å². The van der Waals surface area contributed by atoms with Gasteiger partial charge in [-0.25, -0.2) is 14.7 Å². The molecule has 0 radical (unpaired) electrons. The molecule has 0 aliphatic heterocycles. The van der Waals surface area contributed by atoms with Gasteiger partial charge in [0.05, 0.1) is 16.9 Å². The number of hydrogen-bond donors (Lipinski definition) is 1. The first-order valence-corrected chi connectivity index (χ1v) is 7.87. The number of nitrogens with two attached hydrogens (primary N) is 1. The van der Waals surface area contributed by atoms with Crippen LogP contribution in [0, 0.1) is 0 Å². The SMILES string of the molecule is NC(=O)N(c1cccc(C(F)(F)F)c1)c1nc(-c2cccnc2)cs1. The topological polar surface area (TPSA) is 72.1 Å². The highest BCUT2D eigenvalue weighted by Gasteiger charge is 2.31. The molecule has 5 nitrogen and oxygen atoms in total. The summed E-state index contributed by atoms with van der Waals surface area (Å²) in [6, 6.07) is 6.94. The van der Waals surface area contributed by atoms with E-state index >= 15 is 0 Å². The predicted octanol–water partition coefficient (Wildman–Crippen LogP) is 4.44. The van der Waals surface area contributed by atoms with Crippen LogP contribution in [-0.4, -0.2) is 16.0 Å². The second-order valence-electron chi connectivity index (χ2n) is 4.98. The summed E-state index contributed by atoms with van der Waals surface area (Å²) in [7, 11) is 0. The zero-order chi connectivity index (χ0) is 18.0. The minimum absolute atomic E-state index is 0.00517. The van der Waals surface area contributed by atoms with Crippen LogP contribution in [0.1, 0.15) is 5.56 Å². The Balaban J connectivity index is 2.01. The summed E-state index contributed by atoms with van der Waals surface area (Å²) in [4.78, 5) is 21.0. The minimum atomic E-state index is -4.52. The van der Waals surface area contributed by atoms with Crippen molar-refractivity contribution in [2.24, 2.45) is 5.73 Å². The van der Waals surface area contributed by atoms with Crippen molar-refractivity contribution in [3.63, 3.8) is 0 Å². The molecular weight excluding hydrogens is 353 g/mol. The van der Waals surface area contributed by atoms with Crippen molar-refractivity contribution in [3.8, 4) is 11.3 Å². The highest BCUT2D eigenvalue weighted by Crippen LogP contribution is 2.35.